The molecule has 0 spiro atoms. The van der Waals surface area contributed by atoms with Gasteiger partial charge in [-0.25, -0.2) is 0 Å². The third-order valence-corrected chi connectivity index (χ3v) is 2.81. The molecule has 0 aliphatic carbocycles. The minimum absolute atomic E-state index is 0.101. The fourth-order valence-electron chi connectivity index (χ4n) is 1.54. The lowest BCUT2D eigenvalue weighted by molar-refractivity contribution is -0.143. The molecule has 0 heterocycles. The predicted molar refractivity (Wildman–Crippen MR) is 75.7 cm³/mol. The summed E-state index contributed by atoms with van der Waals surface area (Å²) in [6.07, 6.45) is 0.201. The smallest absolute Gasteiger partial charge is 0.325 e. The van der Waals surface area contributed by atoms with Gasteiger partial charge < -0.3 is 14.8 Å². The highest BCUT2D eigenvalue weighted by molar-refractivity contribution is 5.81. The SMILES string of the molecule is CCOC(=O)CNC(=O)CCOc1ccc(C)c(C)c1. The van der Waals surface area contributed by atoms with E-state index in [-0.39, 0.29) is 25.5 Å². The lowest BCUT2D eigenvalue weighted by Crippen LogP contribution is -2.31. The molecule has 1 rings (SSSR count). The van der Waals surface area contributed by atoms with Gasteiger partial charge in [-0.05, 0) is 44.0 Å². The van der Waals surface area contributed by atoms with Gasteiger partial charge in [-0.2, -0.15) is 0 Å². The summed E-state index contributed by atoms with van der Waals surface area (Å²) in [6, 6.07) is 5.79. The second kappa shape index (κ2) is 8.19. The summed E-state index contributed by atoms with van der Waals surface area (Å²) in [5, 5.41) is 2.48. The Morgan fingerprint density at radius 1 is 1.20 bits per heavy atom. The molecule has 1 N–H and O–H groups in total. The molecular formula is C15H21NO4. The minimum Gasteiger partial charge on any atom is -0.493 e. The van der Waals surface area contributed by atoms with E-state index in [4.69, 9.17) is 9.47 Å². The van der Waals surface area contributed by atoms with Gasteiger partial charge in [0.2, 0.25) is 5.91 Å². The molecule has 0 aliphatic rings. The molecule has 0 radical (unpaired) electrons. The van der Waals surface area contributed by atoms with Crippen LogP contribution in [-0.4, -0.2) is 31.6 Å². The average Bonchev–Trinajstić information content (AvgIpc) is 2.41. The van der Waals surface area contributed by atoms with E-state index in [9.17, 15) is 9.59 Å². The van der Waals surface area contributed by atoms with E-state index in [1.165, 1.54) is 5.56 Å². The van der Waals surface area contributed by atoms with Crippen molar-refractivity contribution >= 4 is 11.9 Å². The van der Waals surface area contributed by atoms with E-state index in [0.717, 1.165) is 11.3 Å². The highest BCUT2D eigenvalue weighted by Gasteiger charge is 2.06. The molecule has 5 heteroatoms. The second-order valence-corrected chi connectivity index (χ2v) is 4.43. The molecule has 1 amide bonds. The van der Waals surface area contributed by atoms with Crippen molar-refractivity contribution < 1.29 is 19.1 Å². The molecule has 0 saturated heterocycles. The number of carbonyl (C=O) groups excluding carboxylic acids is 2. The maximum Gasteiger partial charge on any atom is 0.325 e. The van der Waals surface area contributed by atoms with Gasteiger partial charge in [-0.1, -0.05) is 6.07 Å². The van der Waals surface area contributed by atoms with E-state index < -0.39 is 5.97 Å². The van der Waals surface area contributed by atoms with E-state index in [1.807, 2.05) is 32.0 Å². The number of amides is 1. The topological polar surface area (TPSA) is 64.6 Å². The zero-order valence-electron chi connectivity index (χ0n) is 12.2. The van der Waals surface area contributed by atoms with Crippen LogP contribution in [0.4, 0.5) is 0 Å². The summed E-state index contributed by atoms with van der Waals surface area (Å²) in [6.45, 7) is 6.24. The zero-order chi connectivity index (χ0) is 15.0. The number of aryl methyl sites for hydroxylation is 2. The summed E-state index contributed by atoms with van der Waals surface area (Å²) in [4.78, 5) is 22.5. The molecule has 5 nitrogen and oxygen atoms in total. The van der Waals surface area contributed by atoms with Crippen molar-refractivity contribution in [2.75, 3.05) is 19.8 Å². The van der Waals surface area contributed by atoms with Gasteiger partial charge in [0.25, 0.3) is 0 Å². The number of nitrogens with one attached hydrogen (secondary N) is 1. The van der Waals surface area contributed by atoms with Crippen LogP contribution in [0.2, 0.25) is 0 Å². The molecule has 110 valence electrons. The van der Waals surface area contributed by atoms with Gasteiger partial charge in [0.15, 0.2) is 0 Å². The van der Waals surface area contributed by atoms with Crippen LogP contribution in [0.1, 0.15) is 24.5 Å². The Labute approximate surface area is 119 Å². The Morgan fingerprint density at radius 2 is 1.95 bits per heavy atom. The standard InChI is InChI=1S/C15H21NO4/c1-4-19-15(18)10-16-14(17)7-8-20-13-6-5-11(2)12(3)9-13/h5-6,9H,4,7-8,10H2,1-3H3,(H,16,17). The minimum atomic E-state index is -0.434. The number of esters is 1. The van der Waals surface area contributed by atoms with Crippen molar-refractivity contribution in [3.63, 3.8) is 0 Å². The molecule has 0 fully saturated rings. The largest absolute Gasteiger partial charge is 0.493 e. The Kier molecular flexibility index (Phi) is 6.56. The van der Waals surface area contributed by atoms with Crippen molar-refractivity contribution in [1.82, 2.24) is 5.32 Å². The lowest BCUT2D eigenvalue weighted by atomic mass is 10.1. The number of carbonyl (C=O) groups is 2. The molecule has 0 saturated carbocycles. The zero-order valence-corrected chi connectivity index (χ0v) is 12.2. The lowest BCUT2D eigenvalue weighted by Gasteiger charge is -2.08. The average molecular weight is 279 g/mol. The summed E-state index contributed by atoms with van der Waals surface area (Å²) >= 11 is 0. The normalized spacial score (nSPS) is 9.95. The molecule has 0 aromatic heterocycles. The van der Waals surface area contributed by atoms with E-state index in [1.54, 1.807) is 6.92 Å². The predicted octanol–water partition coefficient (Wildman–Crippen LogP) is 1.75. The second-order valence-electron chi connectivity index (χ2n) is 4.43. The number of hydrogen-bond acceptors (Lipinski definition) is 4. The molecular weight excluding hydrogens is 258 g/mol. The van der Waals surface area contributed by atoms with Crippen LogP contribution in [0.25, 0.3) is 0 Å². The van der Waals surface area contributed by atoms with Crippen LogP contribution in [0.15, 0.2) is 18.2 Å². The summed E-state index contributed by atoms with van der Waals surface area (Å²) in [5.74, 6) is 0.0732. The molecule has 1 aromatic carbocycles. The fourth-order valence-corrected chi connectivity index (χ4v) is 1.54. The highest BCUT2D eigenvalue weighted by Crippen LogP contribution is 2.16. The number of benzene rings is 1. The van der Waals surface area contributed by atoms with Crippen LogP contribution in [0.3, 0.4) is 0 Å². The maximum atomic E-state index is 11.5. The van der Waals surface area contributed by atoms with Crippen molar-refractivity contribution in [1.29, 1.82) is 0 Å². The van der Waals surface area contributed by atoms with Crippen LogP contribution in [0.5, 0.6) is 5.75 Å². The van der Waals surface area contributed by atoms with Crippen LogP contribution in [0, 0.1) is 13.8 Å². The van der Waals surface area contributed by atoms with Crippen LogP contribution >= 0.6 is 0 Å². The number of ether oxygens (including phenoxy) is 2. The molecule has 0 bridgehead atoms. The van der Waals surface area contributed by atoms with E-state index in [0.29, 0.717) is 6.61 Å². The highest BCUT2D eigenvalue weighted by atomic mass is 16.5. The van der Waals surface area contributed by atoms with Crippen molar-refractivity contribution in [3.8, 4) is 5.75 Å². The first-order valence-electron chi connectivity index (χ1n) is 6.65. The Bertz CT molecular complexity index is 471. The number of hydrogen-bond donors (Lipinski definition) is 1. The van der Waals surface area contributed by atoms with Crippen LogP contribution < -0.4 is 10.1 Å². The third-order valence-electron chi connectivity index (χ3n) is 2.81. The monoisotopic (exact) mass is 279 g/mol. The Hall–Kier alpha value is -2.04. The first-order chi connectivity index (χ1) is 9.52. The first kappa shape index (κ1) is 16.0. The van der Waals surface area contributed by atoms with Gasteiger partial charge in [0.1, 0.15) is 12.3 Å². The van der Waals surface area contributed by atoms with E-state index in [2.05, 4.69) is 5.32 Å². The van der Waals surface area contributed by atoms with Crippen molar-refractivity contribution in [2.45, 2.75) is 27.2 Å². The van der Waals surface area contributed by atoms with Crippen molar-refractivity contribution in [3.05, 3.63) is 29.3 Å². The van der Waals surface area contributed by atoms with Gasteiger partial charge in [0.05, 0.1) is 19.6 Å². The quantitative estimate of drug-likeness (QED) is 0.772. The third kappa shape index (κ3) is 5.73. The van der Waals surface area contributed by atoms with Gasteiger partial charge >= 0.3 is 5.97 Å². The maximum absolute atomic E-state index is 11.5. The Morgan fingerprint density at radius 3 is 2.60 bits per heavy atom. The summed E-state index contributed by atoms with van der Waals surface area (Å²) < 4.78 is 10.2. The van der Waals surface area contributed by atoms with Gasteiger partial charge in [-0.3, -0.25) is 9.59 Å². The molecule has 20 heavy (non-hydrogen) atoms. The molecule has 0 atom stereocenters. The molecule has 0 unspecified atom stereocenters. The summed E-state index contributed by atoms with van der Waals surface area (Å²) in [7, 11) is 0. The molecule has 0 aliphatic heterocycles. The fraction of sp³-hybridized carbons (Fsp3) is 0.467. The molecule has 1 aromatic rings. The van der Waals surface area contributed by atoms with E-state index >= 15 is 0 Å². The van der Waals surface area contributed by atoms with Gasteiger partial charge in [0, 0.05) is 0 Å². The number of rotatable bonds is 7. The Balaban J connectivity index is 2.24. The summed E-state index contributed by atoms with van der Waals surface area (Å²) in [5.41, 5.74) is 2.35. The van der Waals surface area contributed by atoms with Crippen molar-refractivity contribution in [2.24, 2.45) is 0 Å². The van der Waals surface area contributed by atoms with Crippen LogP contribution in [-0.2, 0) is 14.3 Å². The van der Waals surface area contributed by atoms with Gasteiger partial charge in [-0.15, -0.1) is 0 Å². The first-order valence-corrected chi connectivity index (χ1v) is 6.65.